The second kappa shape index (κ2) is 6.14. The molecule has 0 aromatic heterocycles. The Morgan fingerprint density at radius 2 is 1.83 bits per heavy atom. The number of carbonyl (C=O) groups is 1. The predicted molar refractivity (Wildman–Crippen MR) is 90.2 cm³/mol. The fourth-order valence-electron chi connectivity index (χ4n) is 3.73. The molecule has 2 fully saturated rings. The Morgan fingerprint density at radius 1 is 1.12 bits per heavy atom. The molecule has 1 saturated heterocycles. The average molecular weight is 318 g/mol. The average Bonchev–Trinajstić information content (AvgIpc) is 3.01. The minimum atomic E-state index is -0.631. The van der Waals surface area contributed by atoms with Crippen LogP contribution in [-0.4, -0.2) is 25.3 Å². The van der Waals surface area contributed by atoms with Crippen molar-refractivity contribution in [3.63, 3.8) is 0 Å². The lowest BCUT2D eigenvalue weighted by Crippen LogP contribution is -2.31. The van der Waals surface area contributed by atoms with E-state index < -0.39 is 5.41 Å². The summed E-state index contributed by atoms with van der Waals surface area (Å²) in [6.45, 7) is 0.826. The lowest BCUT2D eigenvalue weighted by Gasteiger charge is -2.19. The molecule has 0 N–H and O–H groups in total. The van der Waals surface area contributed by atoms with E-state index in [0.717, 1.165) is 24.2 Å². The molecule has 0 amide bonds. The maximum Gasteiger partial charge on any atom is 0.320 e. The molecule has 1 aliphatic carbocycles. The first-order valence-electron chi connectivity index (χ1n) is 8.22. The van der Waals surface area contributed by atoms with Crippen molar-refractivity contribution in [3.05, 3.63) is 71.8 Å². The van der Waals surface area contributed by atoms with Gasteiger partial charge in [-0.15, -0.1) is 0 Å². The first-order chi connectivity index (χ1) is 11.8. The molecule has 0 spiro atoms. The summed E-state index contributed by atoms with van der Waals surface area (Å²) in [6, 6.07) is 19.5. The summed E-state index contributed by atoms with van der Waals surface area (Å²) in [4.78, 5) is 12.8. The van der Waals surface area contributed by atoms with Crippen LogP contribution in [0.2, 0.25) is 0 Å². The van der Waals surface area contributed by atoms with Gasteiger partial charge in [0, 0.05) is 18.1 Å². The monoisotopic (exact) mass is 318 g/mol. The molecule has 3 atom stereocenters. The van der Waals surface area contributed by atoms with Crippen molar-refractivity contribution in [2.24, 2.45) is 5.92 Å². The number of carbonyl (C=O) groups excluding carboxylic acids is 1. The van der Waals surface area contributed by atoms with Gasteiger partial charge >= 0.3 is 5.97 Å². The van der Waals surface area contributed by atoms with Crippen molar-refractivity contribution in [3.8, 4) is 11.8 Å². The van der Waals surface area contributed by atoms with Gasteiger partial charge in [-0.05, 0) is 24.1 Å². The SMILES string of the molecule is O=C(OCC#Cc1ccccc1)C1(c2ccccc2)C2CCOC21. The molecule has 120 valence electrons. The van der Waals surface area contributed by atoms with Crippen LogP contribution in [0, 0.1) is 17.8 Å². The lowest BCUT2D eigenvalue weighted by atomic mass is 9.91. The standard InChI is InChI=1S/C21H18O3/c22-20(24-14-7-10-16-8-3-1-4-9-16)21(17-11-5-2-6-12-17)18-13-15-23-19(18)21/h1-6,8-9,11-12,18-19H,13-15H2. The van der Waals surface area contributed by atoms with E-state index in [1.54, 1.807) is 0 Å². The molecule has 1 heterocycles. The predicted octanol–water partition coefficient (Wildman–Crippen LogP) is 2.94. The molecule has 2 aromatic rings. The molecular formula is C21H18O3. The Morgan fingerprint density at radius 3 is 2.50 bits per heavy atom. The molecule has 3 nitrogen and oxygen atoms in total. The Kier molecular flexibility index (Phi) is 3.84. The third-order valence-electron chi connectivity index (χ3n) is 4.89. The molecule has 1 aliphatic heterocycles. The van der Waals surface area contributed by atoms with Gasteiger partial charge in [-0.3, -0.25) is 4.79 Å². The van der Waals surface area contributed by atoms with E-state index >= 15 is 0 Å². The summed E-state index contributed by atoms with van der Waals surface area (Å²) < 4.78 is 11.2. The van der Waals surface area contributed by atoms with Crippen molar-refractivity contribution in [2.75, 3.05) is 13.2 Å². The summed E-state index contributed by atoms with van der Waals surface area (Å²) in [6.07, 6.45) is 0.860. The summed E-state index contributed by atoms with van der Waals surface area (Å²) in [5, 5.41) is 0. The number of ether oxygens (including phenoxy) is 2. The smallest absolute Gasteiger partial charge is 0.320 e. The molecule has 24 heavy (non-hydrogen) atoms. The number of rotatable bonds is 3. The van der Waals surface area contributed by atoms with Crippen LogP contribution in [0.4, 0.5) is 0 Å². The van der Waals surface area contributed by atoms with Crippen molar-refractivity contribution in [1.29, 1.82) is 0 Å². The van der Waals surface area contributed by atoms with Crippen LogP contribution >= 0.6 is 0 Å². The number of hydrogen-bond acceptors (Lipinski definition) is 3. The molecule has 4 rings (SSSR count). The maximum absolute atomic E-state index is 12.8. The summed E-state index contributed by atoms with van der Waals surface area (Å²) >= 11 is 0. The third-order valence-corrected chi connectivity index (χ3v) is 4.89. The van der Waals surface area contributed by atoms with Gasteiger partial charge in [0.15, 0.2) is 6.61 Å². The normalized spacial score (nSPS) is 26.8. The highest BCUT2D eigenvalue weighted by Crippen LogP contribution is 2.61. The molecule has 0 bridgehead atoms. The summed E-state index contributed by atoms with van der Waals surface area (Å²) in [7, 11) is 0. The van der Waals surface area contributed by atoms with Crippen molar-refractivity contribution in [1.82, 2.24) is 0 Å². The zero-order chi connectivity index (χ0) is 16.4. The van der Waals surface area contributed by atoms with E-state index in [2.05, 4.69) is 11.8 Å². The maximum atomic E-state index is 12.8. The Labute approximate surface area is 141 Å². The summed E-state index contributed by atoms with van der Waals surface area (Å²) in [5.74, 6) is 5.93. The second-order valence-electron chi connectivity index (χ2n) is 6.17. The number of hydrogen-bond donors (Lipinski definition) is 0. The molecule has 2 aliphatic rings. The fourth-order valence-corrected chi connectivity index (χ4v) is 3.73. The highest BCUT2D eigenvalue weighted by Gasteiger charge is 2.74. The quantitative estimate of drug-likeness (QED) is 0.645. The van der Waals surface area contributed by atoms with Gasteiger partial charge in [-0.1, -0.05) is 60.4 Å². The summed E-state index contributed by atoms with van der Waals surface area (Å²) in [5.41, 5.74) is 1.27. The lowest BCUT2D eigenvalue weighted by molar-refractivity contribution is -0.147. The van der Waals surface area contributed by atoms with E-state index in [-0.39, 0.29) is 24.6 Å². The highest BCUT2D eigenvalue weighted by atomic mass is 16.5. The third kappa shape index (κ3) is 2.40. The minimum absolute atomic E-state index is 0.0468. The molecular weight excluding hydrogens is 300 g/mol. The van der Waals surface area contributed by atoms with E-state index in [0.29, 0.717) is 0 Å². The number of fused-ring (bicyclic) bond motifs is 1. The molecule has 3 unspecified atom stereocenters. The van der Waals surface area contributed by atoms with Crippen LogP contribution in [-0.2, 0) is 19.7 Å². The van der Waals surface area contributed by atoms with Gasteiger partial charge in [0.1, 0.15) is 5.41 Å². The van der Waals surface area contributed by atoms with Crippen LogP contribution in [0.25, 0.3) is 0 Å². The van der Waals surface area contributed by atoms with Crippen LogP contribution in [0.15, 0.2) is 60.7 Å². The van der Waals surface area contributed by atoms with Crippen molar-refractivity contribution < 1.29 is 14.3 Å². The minimum Gasteiger partial charge on any atom is -0.452 e. The van der Waals surface area contributed by atoms with E-state index in [9.17, 15) is 4.79 Å². The fraction of sp³-hybridized carbons (Fsp3) is 0.286. The molecule has 1 saturated carbocycles. The molecule has 0 radical (unpaired) electrons. The van der Waals surface area contributed by atoms with Gasteiger partial charge in [0.2, 0.25) is 0 Å². The van der Waals surface area contributed by atoms with Crippen LogP contribution < -0.4 is 0 Å². The molecule has 2 aromatic carbocycles. The van der Waals surface area contributed by atoms with Gasteiger partial charge in [0.25, 0.3) is 0 Å². The topological polar surface area (TPSA) is 35.5 Å². The number of esters is 1. The highest BCUT2D eigenvalue weighted by molar-refractivity contribution is 5.89. The van der Waals surface area contributed by atoms with E-state index in [1.165, 1.54) is 0 Å². The van der Waals surface area contributed by atoms with Crippen LogP contribution in [0.3, 0.4) is 0 Å². The Balaban J connectivity index is 1.47. The van der Waals surface area contributed by atoms with Gasteiger partial charge in [-0.25, -0.2) is 0 Å². The van der Waals surface area contributed by atoms with Gasteiger partial charge < -0.3 is 9.47 Å². The Bertz CT molecular complexity index is 776. The van der Waals surface area contributed by atoms with Crippen LogP contribution in [0.1, 0.15) is 17.5 Å². The van der Waals surface area contributed by atoms with Crippen LogP contribution in [0.5, 0.6) is 0 Å². The molecule has 3 heteroatoms. The largest absolute Gasteiger partial charge is 0.452 e. The first-order valence-corrected chi connectivity index (χ1v) is 8.22. The van der Waals surface area contributed by atoms with Crippen molar-refractivity contribution >= 4 is 5.97 Å². The zero-order valence-electron chi connectivity index (χ0n) is 13.3. The zero-order valence-corrected chi connectivity index (χ0v) is 13.3. The van der Waals surface area contributed by atoms with Crippen molar-refractivity contribution in [2.45, 2.75) is 17.9 Å². The Hall–Kier alpha value is -2.57. The second-order valence-corrected chi connectivity index (χ2v) is 6.17. The van der Waals surface area contributed by atoms with E-state index in [1.807, 2.05) is 60.7 Å². The first kappa shape index (κ1) is 15.0. The van der Waals surface area contributed by atoms with Gasteiger partial charge in [-0.2, -0.15) is 0 Å². The van der Waals surface area contributed by atoms with E-state index in [4.69, 9.17) is 9.47 Å². The van der Waals surface area contributed by atoms with Gasteiger partial charge in [0.05, 0.1) is 6.10 Å². The number of benzene rings is 2.